The molecule has 0 aliphatic carbocycles. The molecule has 0 aliphatic rings. The van der Waals surface area contributed by atoms with E-state index in [0.717, 1.165) is 19.2 Å². The van der Waals surface area contributed by atoms with Gasteiger partial charge in [0.15, 0.2) is 11.6 Å². The van der Waals surface area contributed by atoms with E-state index in [0.29, 0.717) is 0 Å². The number of halogens is 2. The van der Waals surface area contributed by atoms with Gasteiger partial charge in [0.1, 0.15) is 5.56 Å². The number of carbonyl (C=O) groups excluding carboxylic acids is 1. The summed E-state index contributed by atoms with van der Waals surface area (Å²) in [7, 11) is 1.11. The third-order valence-corrected chi connectivity index (χ3v) is 1.64. The second kappa shape index (κ2) is 3.62. The molecule has 1 aromatic carbocycles. The molecule has 0 radical (unpaired) electrons. The van der Waals surface area contributed by atoms with Gasteiger partial charge in [-0.15, -0.1) is 0 Å². The van der Waals surface area contributed by atoms with Gasteiger partial charge in [-0.25, -0.2) is 9.18 Å². The molecule has 1 rings (SSSR count). The average molecular weight is 205 g/mol. The Morgan fingerprint density at radius 1 is 1.62 bits per heavy atom. The van der Waals surface area contributed by atoms with E-state index in [-0.39, 0.29) is 10.6 Å². The number of methoxy groups -OCH3 is 1. The number of benzene rings is 1. The fourth-order valence-electron chi connectivity index (χ4n) is 0.833. The molecule has 3 nitrogen and oxygen atoms in total. The fourth-order valence-corrected chi connectivity index (χ4v) is 1.05. The number of esters is 1. The van der Waals surface area contributed by atoms with E-state index in [4.69, 9.17) is 16.7 Å². The first-order chi connectivity index (χ1) is 6.06. The van der Waals surface area contributed by atoms with Gasteiger partial charge < -0.3 is 9.84 Å². The lowest BCUT2D eigenvalue weighted by Crippen LogP contribution is -2.04. The van der Waals surface area contributed by atoms with Crippen molar-refractivity contribution in [1.82, 2.24) is 0 Å². The molecule has 0 heterocycles. The Balaban J connectivity index is 3.28. The predicted octanol–water partition coefficient (Wildman–Crippen LogP) is 1.97. The Kier molecular flexibility index (Phi) is 2.72. The molecular weight excluding hydrogens is 199 g/mol. The van der Waals surface area contributed by atoms with Crippen molar-refractivity contribution in [3.05, 3.63) is 28.5 Å². The van der Waals surface area contributed by atoms with Crippen molar-refractivity contribution in [3.8, 4) is 5.75 Å². The standard InChI is InChI=1S/C8H6ClFO3/c1-13-8(12)5-2-4(9)3-6(11)7(5)10/h2-3,11H,1H3. The summed E-state index contributed by atoms with van der Waals surface area (Å²) >= 11 is 5.49. The Hall–Kier alpha value is -1.29. The first kappa shape index (κ1) is 9.80. The van der Waals surface area contributed by atoms with Crippen molar-refractivity contribution in [2.45, 2.75) is 0 Å². The number of hydrogen-bond acceptors (Lipinski definition) is 3. The molecule has 1 N–H and O–H groups in total. The summed E-state index contributed by atoms with van der Waals surface area (Å²) in [5.41, 5.74) is -0.382. The van der Waals surface area contributed by atoms with Crippen LogP contribution in [0.3, 0.4) is 0 Å². The summed E-state index contributed by atoms with van der Waals surface area (Å²) in [6, 6.07) is 2.09. The van der Waals surface area contributed by atoms with Crippen LogP contribution in [0.1, 0.15) is 10.4 Å². The van der Waals surface area contributed by atoms with Crippen molar-refractivity contribution in [2.75, 3.05) is 7.11 Å². The van der Waals surface area contributed by atoms with E-state index in [2.05, 4.69) is 4.74 Å². The summed E-state index contributed by atoms with van der Waals surface area (Å²) in [4.78, 5) is 10.9. The van der Waals surface area contributed by atoms with Crippen LogP contribution >= 0.6 is 11.6 Å². The summed E-state index contributed by atoms with van der Waals surface area (Å²) in [6.45, 7) is 0. The maximum atomic E-state index is 13.0. The summed E-state index contributed by atoms with van der Waals surface area (Å²) < 4.78 is 17.3. The number of hydrogen-bond donors (Lipinski definition) is 1. The van der Waals surface area contributed by atoms with Gasteiger partial charge in [-0.3, -0.25) is 0 Å². The number of rotatable bonds is 1. The molecule has 0 atom stereocenters. The monoisotopic (exact) mass is 204 g/mol. The lowest BCUT2D eigenvalue weighted by molar-refractivity contribution is 0.0594. The van der Waals surface area contributed by atoms with Crippen LogP contribution in [-0.4, -0.2) is 18.2 Å². The Bertz CT molecular complexity index is 351. The van der Waals surface area contributed by atoms with Crippen LogP contribution < -0.4 is 0 Å². The lowest BCUT2D eigenvalue weighted by Gasteiger charge is -2.03. The van der Waals surface area contributed by atoms with Gasteiger partial charge in [-0.2, -0.15) is 0 Å². The van der Waals surface area contributed by atoms with E-state index in [1.165, 1.54) is 0 Å². The van der Waals surface area contributed by atoms with Gasteiger partial charge in [0, 0.05) is 11.1 Å². The summed E-state index contributed by atoms with van der Waals surface area (Å²) in [5, 5.41) is 9.03. The normalized spacial score (nSPS) is 9.77. The quantitative estimate of drug-likeness (QED) is 0.712. The van der Waals surface area contributed by atoms with Gasteiger partial charge in [-0.1, -0.05) is 11.6 Å². The second-order valence-corrected chi connectivity index (χ2v) is 2.71. The first-order valence-electron chi connectivity index (χ1n) is 3.32. The maximum Gasteiger partial charge on any atom is 0.341 e. The minimum atomic E-state index is -1.03. The van der Waals surface area contributed by atoms with E-state index in [9.17, 15) is 9.18 Å². The molecule has 70 valence electrons. The van der Waals surface area contributed by atoms with Crippen LogP contribution in [-0.2, 0) is 4.74 Å². The van der Waals surface area contributed by atoms with E-state index < -0.39 is 17.5 Å². The van der Waals surface area contributed by atoms with Gasteiger partial charge >= 0.3 is 5.97 Å². The predicted molar refractivity (Wildman–Crippen MR) is 44.4 cm³/mol. The molecule has 1 aromatic rings. The highest BCUT2D eigenvalue weighted by Gasteiger charge is 2.16. The van der Waals surface area contributed by atoms with Crippen LogP contribution in [0.2, 0.25) is 5.02 Å². The van der Waals surface area contributed by atoms with Crippen LogP contribution in [0, 0.1) is 5.82 Å². The van der Waals surface area contributed by atoms with Gasteiger partial charge in [-0.05, 0) is 6.07 Å². The highest BCUT2D eigenvalue weighted by Crippen LogP contribution is 2.24. The van der Waals surface area contributed by atoms with Crippen LogP contribution in [0.5, 0.6) is 5.75 Å². The third kappa shape index (κ3) is 1.89. The molecule has 13 heavy (non-hydrogen) atoms. The SMILES string of the molecule is COC(=O)c1cc(Cl)cc(O)c1F. The zero-order valence-corrected chi connectivity index (χ0v) is 7.43. The van der Waals surface area contributed by atoms with Crippen molar-refractivity contribution in [3.63, 3.8) is 0 Å². The third-order valence-electron chi connectivity index (χ3n) is 1.42. The first-order valence-corrected chi connectivity index (χ1v) is 3.70. The highest BCUT2D eigenvalue weighted by molar-refractivity contribution is 6.31. The van der Waals surface area contributed by atoms with E-state index in [1.807, 2.05) is 0 Å². The topological polar surface area (TPSA) is 46.5 Å². The number of phenolic OH excluding ortho intramolecular Hbond substituents is 1. The molecule has 0 saturated carbocycles. The van der Waals surface area contributed by atoms with Crippen LogP contribution in [0.4, 0.5) is 4.39 Å². The minimum Gasteiger partial charge on any atom is -0.505 e. The number of aromatic hydroxyl groups is 1. The molecule has 0 bridgehead atoms. The minimum absolute atomic E-state index is 0.0688. The van der Waals surface area contributed by atoms with Gasteiger partial charge in [0.05, 0.1) is 7.11 Å². The molecular formula is C8H6ClFO3. The number of phenols is 1. The molecule has 5 heteroatoms. The zero-order valence-electron chi connectivity index (χ0n) is 6.67. The smallest absolute Gasteiger partial charge is 0.341 e. The molecule has 0 saturated heterocycles. The molecule has 0 spiro atoms. The van der Waals surface area contributed by atoms with Crippen molar-refractivity contribution in [1.29, 1.82) is 0 Å². The van der Waals surface area contributed by atoms with Crippen LogP contribution in [0.25, 0.3) is 0 Å². The van der Waals surface area contributed by atoms with Crippen molar-refractivity contribution < 1.29 is 19.0 Å². The molecule has 0 aliphatic heterocycles. The molecule has 0 amide bonds. The number of ether oxygens (including phenoxy) is 1. The second-order valence-electron chi connectivity index (χ2n) is 2.28. The van der Waals surface area contributed by atoms with E-state index in [1.54, 1.807) is 0 Å². The largest absolute Gasteiger partial charge is 0.505 e. The lowest BCUT2D eigenvalue weighted by atomic mass is 10.2. The fraction of sp³-hybridized carbons (Fsp3) is 0.125. The Morgan fingerprint density at radius 3 is 2.77 bits per heavy atom. The molecule has 0 fully saturated rings. The molecule has 0 unspecified atom stereocenters. The average Bonchev–Trinajstić information content (AvgIpc) is 2.10. The van der Waals surface area contributed by atoms with Crippen LogP contribution in [0.15, 0.2) is 12.1 Å². The highest BCUT2D eigenvalue weighted by atomic mass is 35.5. The zero-order chi connectivity index (χ0) is 10.0. The van der Waals surface area contributed by atoms with Gasteiger partial charge in [0.25, 0.3) is 0 Å². The summed E-state index contributed by atoms with van der Waals surface area (Å²) in [6.07, 6.45) is 0. The Morgan fingerprint density at radius 2 is 2.23 bits per heavy atom. The van der Waals surface area contributed by atoms with E-state index >= 15 is 0 Å². The van der Waals surface area contributed by atoms with Crippen molar-refractivity contribution >= 4 is 17.6 Å². The maximum absolute atomic E-state index is 13.0. The van der Waals surface area contributed by atoms with Crippen molar-refractivity contribution in [2.24, 2.45) is 0 Å². The summed E-state index contributed by atoms with van der Waals surface area (Å²) in [5.74, 6) is -2.58. The number of carbonyl (C=O) groups is 1. The van der Waals surface area contributed by atoms with Gasteiger partial charge in [0.2, 0.25) is 0 Å². The molecule has 0 aromatic heterocycles. The Labute approximate surface area is 78.7 Å².